The minimum atomic E-state index is -1.58. The highest BCUT2D eigenvalue weighted by atomic mass is 35.5. The zero-order chi connectivity index (χ0) is 23.1. The Morgan fingerprint density at radius 1 is 1.09 bits per heavy atom. The molecule has 2 aliphatic rings. The number of aromatic nitrogens is 2. The molecule has 1 heterocycles. The van der Waals surface area contributed by atoms with Crippen LogP contribution in [-0.4, -0.2) is 21.1 Å². The number of carbonyl (C=O) groups excluding carboxylic acids is 1. The number of anilines is 1. The highest BCUT2D eigenvalue weighted by Gasteiger charge is 2.44. The largest absolute Gasteiger partial charge is 0.348 e. The van der Waals surface area contributed by atoms with Gasteiger partial charge in [-0.05, 0) is 55.7 Å². The molecule has 9 heteroatoms. The maximum Gasteiger partial charge on any atom is 0.255 e. The van der Waals surface area contributed by atoms with Gasteiger partial charge >= 0.3 is 0 Å². The summed E-state index contributed by atoms with van der Waals surface area (Å²) in [6.07, 6.45) is 8.16. The third kappa shape index (κ3) is 4.51. The number of fused-ring (bicyclic) bond motifs is 2. The molecule has 0 spiro atoms. The van der Waals surface area contributed by atoms with Gasteiger partial charge in [-0.1, -0.05) is 11.6 Å². The number of nitrogens with zero attached hydrogens (tertiary/aromatic N) is 1. The number of imidazole rings is 1. The van der Waals surface area contributed by atoms with Gasteiger partial charge in [0.2, 0.25) is 0 Å². The molecular weight excluding hydrogens is 471 g/mol. The molecule has 0 aliphatic heterocycles. The van der Waals surface area contributed by atoms with Gasteiger partial charge in [-0.25, -0.2) is 18.2 Å². The molecule has 1 amide bonds. The summed E-state index contributed by atoms with van der Waals surface area (Å²) in [5, 5.41) is 3.35. The Balaban J connectivity index is 1.29. The van der Waals surface area contributed by atoms with Crippen molar-refractivity contribution in [2.45, 2.75) is 41.7 Å². The monoisotopic (exact) mass is 491 g/mol. The summed E-state index contributed by atoms with van der Waals surface area (Å²) in [7, 11) is 0. The van der Waals surface area contributed by atoms with Crippen LogP contribution in [0.25, 0.3) is 0 Å². The van der Waals surface area contributed by atoms with Crippen molar-refractivity contribution in [2.24, 2.45) is 11.8 Å². The van der Waals surface area contributed by atoms with Gasteiger partial charge in [-0.2, -0.15) is 0 Å². The predicted octanol–water partition coefficient (Wildman–Crippen LogP) is 6.80. The number of carbonyl (C=O) groups is 1. The van der Waals surface area contributed by atoms with E-state index in [2.05, 4.69) is 15.3 Å². The fourth-order valence-electron chi connectivity index (χ4n) is 5.22. The maximum absolute atomic E-state index is 13.5. The summed E-state index contributed by atoms with van der Waals surface area (Å²) in [6.45, 7) is 0. The molecular formula is C24H21ClF3N3OS. The molecule has 1 aromatic heterocycles. The Kier molecular flexibility index (Phi) is 6.14. The van der Waals surface area contributed by atoms with Crippen molar-refractivity contribution in [3.63, 3.8) is 0 Å². The van der Waals surface area contributed by atoms with Crippen LogP contribution in [0, 0.1) is 29.3 Å². The first-order valence-electron chi connectivity index (χ1n) is 10.8. The Labute approximate surface area is 198 Å². The van der Waals surface area contributed by atoms with Crippen LogP contribution in [-0.2, 0) is 0 Å². The van der Waals surface area contributed by atoms with E-state index < -0.39 is 23.4 Å². The third-order valence-electron chi connectivity index (χ3n) is 6.62. The summed E-state index contributed by atoms with van der Waals surface area (Å²) < 4.78 is 40.1. The van der Waals surface area contributed by atoms with Crippen LogP contribution in [0.2, 0.25) is 5.02 Å². The van der Waals surface area contributed by atoms with Gasteiger partial charge in [0.05, 0.1) is 5.02 Å². The van der Waals surface area contributed by atoms with Gasteiger partial charge in [0.15, 0.2) is 17.5 Å². The number of aromatic amines is 1. The minimum Gasteiger partial charge on any atom is -0.348 e. The molecule has 2 aliphatic carbocycles. The van der Waals surface area contributed by atoms with Crippen molar-refractivity contribution >= 4 is 35.0 Å². The number of hydrogen-bond acceptors (Lipinski definition) is 3. The molecule has 1 unspecified atom stereocenters. The number of rotatable bonds is 5. The number of benzene rings is 2. The van der Waals surface area contributed by atoms with Gasteiger partial charge in [-0.15, -0.1) is 11.8 Å². The molecule has 2 aromatic carbocycles. The lowest BCUT2D eigenvalue weighted by molar-refractivity contribution is 0.102. The molecule has 3 aromatic rings. The maximum atomic E-state index is 13.5. The van der Waals surface area contributed by atoms with Crippen LogP contribution in [0.1, 0.15) is 47.8 Å². The molecule has 0 radical (unpaired) electrons. The Hall–Kier alpha value is -2.45. The second-order valence-corrected chi connectivity index (χ2v) is 10.4. The topological polar surface area (TPSA) is 57.8 Å². The third-order valence-corrected chi connectivity index (χ3v) is 8.37. The van der Waals surface area contributed by atoms with Crippen molar-refractivity contribution < 1.29 is 18.0 Å². The first kappa shape index (κ1) is 22.3. The molecule has 172 valence electrons. The first-order chi connectivity index (χ1) is 15.9. The van der Waals surface area contributed by atoms with Crippen LogP contribution in [0.3, 0.4) is 0 Å². The summed E-state index contributed by atoms with van der Waals surface area (Å²) >= 11 is 8.10. The lowest BCUT2D eigenvalue weighted by atomic mass is 9.78. The van der Waals surface area contributed by atoms with E-state index >= 15 is 0 Å². The Morgan fingerprint density at radius 3 is 2.42 bits per heavy atom. The number of H-pyrrole nitrogens is 1. The lowest BCUT2D eigenvalue weighted by Gasteiger charge is -2.34. The quantitative estimate of drug-likeness (QED) is 0.386. The van der Waals surface area contributed by atoms with Gasteiger partial charge in [0.25, 0.3) is 5.91 Å². The summed E-state index contributed by atoms with van der Waals surface area (Å²) in [6, 6.07) is 6.38. The molecule has 4 atom stereocenters. The molecule has 4 nitrogen and oxygen atoms in total. The van der Waals surface area contributed by atoms with Crippen molar-refractivity contribution in [3.05, 3.63) is 76.6 Å². The van der Waals surface area contributed by atoms with Crippen LogP contribution >= 0.6 is 23.4 Å². The Morgan fingerprint density at radius 2 is 1.79 bits per heavy atom. The second-order valence-electron chi connectivity index (χ2n) is 8.66. The Bertz CT molecular complexity index is 1150. The van der Waals surface area contributed by atoms with Crippen LogP contribution in [0.5, 0.6) is 0 Å². The molecule has 2 N–H and O–H groups in total. The van der Waals surface area contributed by atoms with Crippen molar-refractivity contribution in [1.82, 2.24) is 9.97 Å². The van der Waals surface area contributed by atoms with E-state index in [-0.39, 0.29) is 5.69 Å². The molecule has 2 bridgehead atoms. The highest BCUT2D eigenvalue weighted by Crippen LogP contribution is 2.54. The fraction of sp³-hybridized carbons (Fsp3) is 0.333. The van der Waals surface area contributed by atoms with E-state index in [0.29, 0.717) is 33.6 Å². The van der Waals surface area contributed by atoms with Gasteiger partial charge < -0.3 is 10.3 Å². The summed E-state index contributed by atoms with van der Waals surface area (Å²) in [5.41, 5.74) is 0.146. The SMILES string of the molecule is O=C(Nc1cc(F)c(F)c(F)c1)c1ccc(Cl)c(S[C@@H]2CC3CC[C@@H](C2)[C@@H]3c2ncc[nH]2)c1. The zero-order valence-corrected chi connectivity index (χ0v) is 19.0. The predicted molar refractivity (Wildman–Crippen MR) is 122 cm³/mol. The van der Waals surface area contributed by atoms with Gasteiger partial charge in [-0.3, -0.25) is 4.79 Å². The van der Waals surface area contributed by atoms with E-state index in [0.717, 1.165) is 35.7 Å². The van der Waals surface area contributed by atoms with Crippen LogP contribution < -0.4 is 5.32 Å². The fourth-order valence-corrected chi connectivity index (χ4v) is 6.89. The van der Waals surface area contributed by atoms with E-state index in [9.17, 15) is 18.0 Å². The number of nitrogens with one attached hydrogen (secondary N) is 2. The molecule has 2 saturated carbocycles. The van der Waals surface area contributed by atoms with E-state index in [1.54, 1.807) is 36.2 Å². The minimum absolute atomic E-state index is 0.159. The highest BCUT2D eigenvalue weighted by molar-refractivity contribution is 8.00. The normalized spacial score (nSPS) is 24.1. The summed E-state index contributed by atoms with van der Waals surface area (Å²) in [5.74, 6) is -2.16. The zero-order valence-electron chi connectivity index (χ0n) is 17.5. The van der Waals surface area contributed by atoms with E-state index in [1.807, 2.05) is 6.20 Å². The molecule has 5 rings (SSSR count). The number of halogens is 4. The van der Waals surface area contributed by atoms with Crippen molar-refractivity contribution in [1.29, 1.82) is 0 Å². The first-order valence-corrected chi connectivity index (χ1v) is 12.1. The van der Waals surface area contributed by atoms with Gasteiger partial charge in [0.1, 0.15) is 5.82 Å². The average Bonchev–Trinajstić information content (AvgIpc) is 3.39. The summed E-state index contributed by atoms with van der Waals surface area (Å²) in [4.78, 5) is 21.2. The standard InChI is InChI=1S/C24H21ClF3N3OS/c25-17-4-3-14(24(32)31-15-10-18(26)22(28)19(27)11-15)9-20(17)33-16-7-12-1-2-13(8-16)21(12)23-29-5-6-30-23/h3-6,9-13,16,21H,1-2,7-8H2,(H,29,30)(H,31,32)/t12-,13?,16-,21-/m0/s1. The van der Waals surface area contributed by atoms with Crippen LogP contribution in [0.4, 0.5) is 18.9 Å². The number of amides is 1. The second kappa shape index (κ2) is 9.06. The van der Waals surface area contributed by atoms with Crippen molar-refractivity contribution in [2.75, 3.05) is 5.32 Å². The lowest BCUT2D eigenvalue weighted by Crippen LogP contribution is -2.26. The van der Waals surface area contributed by atoms with Gasteiger partial charge in [0, 0.05) is 51.8 Å². The van der Waals surface area contributed by atoms with Crippen LogP contribution in [0.15, 0.2) is 47.6 Å². The molecule has 2 fully saturated rings. The smallest absolute Gasteiger partial charge is 0.255 e. The average molecular weight is 492 g/mol. The molecule has 33 heavy (non-hydrogen) atoms. The van der Waals surface area contributed by atoms with Crippen molar-refractivity contribution in [3.8, 4) is 0 Å². The number of thioether (sulfide) groups is 1. The van der Waals surface area contributed by atoms with E-state index in [4.69, 9.17) is 11.6 Å². The molecule has 0 saturated heterocycles. The number of hydrogen-bond donors (Lipinski definition) is 2. The van der Waals surface area contributed by atoms with E-state index in [1.165, 1.54) is 12.8 Å².